The summed E-state index contributed by atoms with van der Waals surface area (Å²) in [6, 6.07) is 2.95. The normalized spacial score (nSPS) is 10.1. The molecule has 16 heavy (non-hydrogen) atoms. The highest BCUT2D eigenvalue weighted by molar-refractivity contribution is 9.10. The largest absolute Gasteiger partial charge is 0.434 e. The number of hydrogen-bond donors (Lipinski definition) is 3. The average Bonchev–Trinajstić information content (AvgIpc) is 2.63. The maximum absolute atomic E-state index is 11.3. The fraction of sp³-hybridized carbons (Fsp3) is 0.444. The summed E-state index contributed by atoms with van der Waals surface area (Å²) in [5, 5.41) is 13.5. The van der Waals surface area contributed by atoms with Crippen molar-refractivity contribution in [2.75, 3.05) is 31.7 Å². The molecule has 0 saturated heterocycles. The van der Waals surface area contributed by atoms with Crippen LogP contribution in [0.5, 0.6) is 0 Å². The summed E-state index contributed by atoms with van der Waals surface area (Å²) in [5.41, 5.74) is 0. The lowest BCUT2D eigenvalue weighted by molar-refractivity contribution is 0.0949. The zero-order valence-electron chi connectivity index (χ0n) is 8.53. The molecule has 3 N–H and O–H groups in total. The first-order chi connectivity index (χ1) is 7.72. The Hall–Kier alpha value is -1.05. The number of nitrogens with one attached hydrogen (secondary N) is 2. The Morgan fingerprint density at radius 2 is 2.31 bits per heavy atom. The van der Waals surface area contributed by atoms with Gasteiger partial charge in [-0.25, -0.2) is 4.79 Å². The van der Waals surface area contributed by atoms with Gasteiger partial charge in [-0.15, -0.1) is 0 Å². The molecule has 1 rings (SSSR count). The predicted molar refractivity (Wildman–Crippen MR) is 61.3 cm³/mol. The summed E-state index contributed by atoms with van der Waals surface area (Å²) < 4.78 is 10.6. The van der Waals surface area contributed by atoms with Crippen LogP contribution < -0.4 is 10.6 Å². The lowest BCUT2D eigenvalue weighted by Crippen LogP contribution is -2.31. The van der Waals surface area contributed by atoms with Gasteiger partial charge in [-0.3, -0.25) is 5.32 Å². The highest BCUT2D eigenvalue weighted by atomic mass is 79.9. The minimum Gasteiger partial charge on any atom is -0.434 e. The van der Waals surface area contributed by atoms with Crippen molar-refractivity contribution in [2.45, 2.75) is 0 Å². The van der Waals surface area contributed by atoms with Crippen LogP contribution in [0.2, 0.25) is 0 Å². The van der Waals surface area contributed by atoms with E-state index in [0.717, 1.165) is 0 Å². The highest BCUT2D eigenvalue weighted by Gasteiger charge is 2.03. The van der Waals surface area contributed by atoms with Crippen LogP contribution in [0.15, 0.2) is 21.2 Å². The third kappa shape index (κ3) is 5.15. The van der Waals surface area contributed by atoms with E-state index in [1.165, 1.54) is 0 Å². The van der Waals surface area contributed by atoms with E-state index in [4.69, 9.17) is 14.3 Å². The molecule has 0 spiro atoms. The van der Waals surface area contributed by atoms with Gasteiger partial charge in [0.15, 0.2) is 4.67 Å². The molecule has 0 bridgehead atoms. The second kappa shape index (κ2) is 7.26. The van der Waals surface area contributed by atoms with E-state index in [1.54, 1.807) is 12.1 Å². The molecule has 1 heterocycles. The first-order valence-electron chi connectivity index (χ1n) is 4.71. The molecular weight excluding hydrogens is 280 g/mol. The standard InChI is InChI=1S/C9H13BrN2O4/c10-7-1-2-8(16-7)12-9(14)11-3-5-15-6-4-13/h1-2,13H,3-6H2,(H2,11,12,14). The van der Waals surface area contributed by atoms with Crippen LogP contribution in [0.3, 0.4) is 0 Å². The topological polar surface area (TPSA) is 83.7 Å². The number of furan rings is 1. The van der Waals surface area contributed by atoms with Gasteiger partial charge >= 0.3 is 6.03 Å². The maximum atomic E-state index is 11.3. The zero-order valence-corrected chi connectivity index (χ0v) is 10.1. The van der Waals surface area contributed by atoms with E-state index in [0.29, 0.717) is 23.7 Å². The number of rotatable bonds is 6. The number of anilines is 1. The molecule has 0 unspecified atom stereocenters. The Balaban J connectivity index is 2.11. The number of halogens is 1. The first-order valence-corrected chi connectivity index (χ1v) is 5.50. The van der Waals surface area contributed by atoms with E-state index in [9.17, 15) is 4.79 Å². The van der Waals surface area contributed by atoms with E-state index in [-0.39, 0.29) is 19.2 Å². The smallest absolute Gasteiger partial charge is 0.321 e. The molecule has 1 aromatic rings. The molecule has 0 radical (unpaired) electrons. The van der Waals surface area contributed by atoms with Crippen LogP contribution in [-0.4, -0.2) is 37.5 Å². The Morgan fingerprint density at radius 3 is 2.94 bits per heavy atom. The quantitative estimate of drug-likeness (QED) is 0.688. The molecule has 6 nitrogen and oxygen atoms in total. The van der Waals surface area contributed by atoms with E-state index >= 15 is 0 Å². The third-order valence-corrected chi connectivity index (χ3v) is 2.00. The number of hydrogen-bond acceptors (Lipinski definition) is 4. The van der Waals surface area contributed by atoms with Crippen molar-refractivity contribution in [3.63, 3.8) is 0 Å². The lowest BCUT2D eigenvalue weighted by Gasteiger charge is -2.05. The molecule has 90 valence electrons. The van der Waals surface area contributed by atoms with Crippen molar-refractivity contribution < 1.29 is 19.1 Å². The lowest BCUT2D eigenvalue weighted by atomic mass is 10.6. The number of amides is 2. The first kappa shape index (κ1) is 13.0. The molecule has 0 atom stereocenters. The molecular formula is C9H13BrN2O4. The Bertz CT molecular complexity index is 329. The van der Waals surface area contributed by atoms with Gasteiger partial charge in [0.1, 0.15) is 0 Å². The zero-order chi connectivity index (χ0) is 11.8. The Labute approximate surface area is 101 Å². The molecule has 2 amide bonds. The minimum atomic E-state index is -0.366. The number of aliphatic hydroxyl groups excluding tert-OH is 1. The number of carbonyl (C=O) groups is 1. The van der Waals surface area contributed by atoms with Gasteiger partial charge in [0.25, 0.3) is 0 Å². The van der Waals surface area contributed by atoms with Gasteiger partial charge < -0.3 is 19.6 Å². The summed E-state index contributed by atoms with van der Waals surface area (Å²) in [7, 11) is 0. The number of urea groups is 1. The van der Waals surface area contributed by atoms with Crippen LogP contribution in [-0.2, 0) is 4.74 Å². The van der Waals surface area contributed by atoms with Crippen molar-refractivity contribution in [3.8, 4) is 0 Å². The molecule has 0 aliphatic heterocycles. The SMILES string of the molecule is O=C(NCCOCCO)Nc1ccc(Br)o1. The molecule has 0 aliphatic rings. The number of ether oxygens (including phenoxy) is 1. The number of aliphatic hydroxyl groups is 1. The number of carbonyl (C=O) groups excluding carboxylic acids is 1. The summed E-state index contributed by atoms with van der Waals surface area (Å²) in [4.78, 5) is 11.3. The second-order valence-electron chi connectivity index (χ2n) is 2.82. The summed E-state index contributed by atoms with van der Waals surface area (Å²) in [6.07, 6.45) is 0. The van der Waals surface area contributed by atoms with Crippen molar-refractivity contribution in [1.82, 2.24) is 5.32 Å². The van der Waals surface area contributed by atoms with E-state index < -0.39 is 0 Å². The van der Waals surface area contributed by atoms with E-state index in [1.807, 2.05) is 0 Å². The van der Waals surface area contributed by atoms with Gasteiger partial charge in [-0.1, -0.05) is 0 Å². The van der Waals surface area contributed by atoms with Crippen LogP contribution in [0.25, 0.3) is 0 Å². The molecule has 1 aromatic heterocycles. The molecule has 0 aliphatic carbocycles. The van der Waals surface area contributed by atoms with Crippen molar-refractivity contribution in [1.29, 1.82) is 0 Å². The van der Waals surface area contributed by atoms with Gasteiger partial charge in [-0.2, -0.15) is 0 Å². The third-order valence-electron chi connectivity index (χ3n) is 1.58. The van der Waals surface area contributed by atoms with Crippen LogP contribution in [0.4, 0.5) is 10.7 Å². The molecule has 0 aromatic carbocycles. The highest BCUT2D eigenvalue weighted by Crippen LogP contribution is 2.17. The van der Waals surface area contributed by atoms with Crippen molar-refractivity contribution in [3.05, 3.63) is 16.8 Å². The Morgan fingerprint density at radius 1 is 1.50 bits per heavy atom. The fourth-order valence-corrected chi connectivity index (χ4v) is 1.25. The summed E-state index contributed by atoms with van der Waals surface area (Å²) in [6.45, 7) is 0.977. The summed E-state index contributed by atoms with van der Waals surface area (Å²) in [5.74, 6) is 0.362. The average molecular weight is 293 g/mol. The summed E-state index contributed by atoms with van der Waals surface area (Å²) >= 11 is 3.12. The van der Waals surface area contributed by atoms with Crippen LogP contribution in [0.1, 0.15) is 0 Å². The van der Waals surface area contributed by atoms with Crippen LogP contribution in [0, 0.1) is 0 Å². The molecule has 0 fully saturated rings. The van der Waals surface area contributed by atoms with Gasteiger partial charge in [0.05, 0.1) is 19.8 Å². The van der Waals surface area contributed by atoms with Crippen molar-refractivity contribution >= 4 is 27.8 Å². The van der Waals surface area contributed by atoms with E-state index in [2.05, 4.69) is 26.6 Å². The van der Waals surface area contributed by atoms with Crippen molar-refractivity contribution in [2.24, 2.45) is 0 Å². The van der Waals surface area contributed by atoms with Crippen LogP contribution >= 0.6 is 15.9 Å². The monoisotopic (exact) mass is 292 g/mol. The minimum absolute atomic E-state index is 0.0212. The Kier molecular flexibility index (Phi) is 5.91. The predicted octanol–water partition coefficient (Wildman–Crippen LogP) is 1.17. The van der Waals surface area contributed by atoms with Gasteiger partial charge in [-0.05, 0) is 22.0 Å². The van der Waals surface area contributed by atoms with Gasteiger partial charge in [0.2, 0.25) is 5.88 Å². The van der Waals surface area contributed by atoms with Gasteiger partial charge in [0, 0.05) is 12.6 Å². The molecule has 7 heteroatoms. The fourth-order valence-electron chi connectivity index (χ4n) is 0.941. The molecule has 0 saturated carbocycles. The maximum Gasteiger partial charge on any atom is 0.321 e. The second-order valence-corrected chi connectivity index (χ2v) is 3.60.